The SMILES string of the molecule is CCC(N)Cc1ccc(N(C)CC2CCN(C)C2)nc1. The number of aromatic nitrogens is 1. The maximum atomic E-state index is 5.98. The molecule has 1 aromatic rings. The summed E-state index contributed by atoms with van der Waals surface area (Å²) >= 11 is 0. The van der Waals surface area contributed by atoms with Crippen LogP contribution in [0.1, 0.15) is 25.3 Å². The Morgan fingerprint density at radius 3 is 2.85 bits per heavy atom. The third-order valence-corrected chi connectivity index (χ3v) is 4.24. The Bertz CT molecular complexity index is 403. The van der Waals surface area contributed by atoms with Crippen LogP contribution in [0.25, 0.3) is 0 Å². The molecule has 1 aliphatic rings. The Morgan fingerprint density at radius 1 is 1.50 bits per heavy atom. The largest absolute Gasteiger partial charge is 0.359 e. The van der Waals surface area contributed by atoms with Gasteiger partial charge in [0.05, 0.1) is 0 Å². The van der Waals surface area contributed by atoms with Gasteiger partial charge in [0.1, 0.15) is 5.82 Å². The summed E-state index contributed by atoms with van der Waals surface area (Å²) in [5, 5.41) is 0. The Hall–Kier alpha value is -1.13. The van der Waals surface area contributed by atoms with Crippen LogP contribution in [0.15, 0.2) is 18.3 Å². The summed E-state index contributed by atoms with van der Waals surface area (Å²) in [4.78, 5) is 9.26. The van der Waals surface area contributed by atoms with E-state index in [4.69, 9.17) is 5.73 Å². The Balaban J connectivity index is 1.88. The van der Waals surface area contributed by atoms with Crippen LogP contribution in [-0.2, 0) is 6.42 Å². The van der Waals surface area contributed by atoms with E-state index in [-0.39, 0.29) is 6.04 Å². The Kier molecular flexibility index (Phi) is 5.38. The lowest BCUT2D eigenvalue weighted by Crippen LogP contribution is -2.28. The molecule has 2 atom stereocenters. The van der Waals surface area contributed by atoms with Gasteiger partial charge in [0.15, 0.2) is 0 Å². The predicted molar refractivity (Wildman–Crippen MR) is 85.1 cm³/mol. The van der Waals surface area contributed by atoms with E-state index in [1.807, 2.05) is 6.20 Å². The lowest BCUT2D eigenvalue weighted by atomic mass is 10.1. The van der Waals surface area contributed by atoms with Crippen molar-refractivity contribution in [1.29, 1.82) is 0 Å². The van der Waals surface area contributed by atoms with Crippen molar-refractivity contribution in [3.8, 4) is 0 Å². The molecule has 1 aliphatic heterocycles. The zero-order valence-corrected chi connectivity index (χ0v) is 13.0. The summed E-state index contributed by atoms with van der Waals surface area (Å²) in [5.74, 6) is 1.83. The number of rotatable bonds is 6. The number of hydrogen-bond acceptors (Lipinski definition) is 4. The van der Waals surface area contributed by atoms with Crippen molar-refractivity contribution in [2.75, 3.05) is 38.6 Å². The van der Waals surface area contributed by atoms with Crippen LogP contribution in [0, 0.1) is 5.92 Å². The molecular weight excluding hydrogens is 248 g/mol. The summed E-state index contributed by atoms with van der Waals surface area (Å²) in [6, 6.07) is 4.53. The molecule has 0 saturated carbocycles. The first-order valence-electron chi connectivity index (χ1n) is 7.68. The fraction of sp³-hybridized carbons (Fsp3) is 0.688. The molecule has 2 N–H and O–H groups in total. The number of likely N-dealkylation sites (tertiary alicyclic amines) is 1. The monoisotopic (exact) mass is 276 g/mol. The summed E-state index contributed by atoms with van der Waals surface area (Å²) in [6.07, 6.45) is 5.20. The zero-order valence-electron chi connectivity index (χ0n) is 13.0. The summed E-state index contributed by atoms with van der Waals surface area (Å²) in [7, 11) is 4.34. The quantitative estimate of drug-likeness (QED) is 0.860. The highest BCUT2D eigenvalue weighted by atomic mass is 15.2. The van der Waals surface area contributed by atoms with Gasteiger partial charge in [-0.2, -0.15) is 0 Å². The molecule has 1 saturated heterocycles. The molecule has 112 valence electrons. The highest BCUT2D eigenvalue weighted by Crippen LogP contribution is 2.18. The van der Waals surface area contributed by atoms with Crippen molar-refractivity contribution in [3.63, 3.8) is 0 Å². The van der Waals surface area contributed by atoms with Crippen molar-refractivity contribution in [2.45, 2.75) is 32.2 Å². The number of hydrogen-bond donors (Lipinski definition) is 1. The van der Waals surface area contributed by atoms with Gasteiger partial charge in [-0.15, -0.1) is 0 Å². The van der Waals surface area contributed by atoms with E-state index in [1.165, 1.54) is 25.1 Å². The third kappa shape index (κ3) is 4.18. The number of nitrogens with zero attached hydrogens (tertiary/aromatic N) is 3. The molecule has 20 heavy (non-hydrogen) atoms. The molecule has 4 heteroatoms. The van der Waals surface area contributed by atoms with Gasteiger partial charge in [0.25, 0.3) is 0 Å². The van der Waals surface area contributed by atoms with Crippen molar-refractivity contribution in [2.24, 2.45) is 11.7 Å². The van der Waals surface area contributed by atoms with Gasteiger partial charge in [0, 0.05) is 32.4 Å². The first-order chi connectivity index (χ1) is 9.58. The van der Waals surface area contributed by atoms with Gasteiger partial charge >= 0.3 is 0 Å². The second-order valence-electron chi connectivity index (χ2n) is 6.19. The summed E-state index contributed by atoms with van der Waals surface area (Å²) in [6.45, 7) is 5.64. The van der Waals surface area contributed by atoms with E-state index >= 15 is 0 Å². The average molecular weight is 276 g/mol. The molecule has 1 fully saturated rings. The molecule has 0 radical (unpaired) electrons. The lowest BCUT2D eigenvalue weighted by molar-refractivity contribution is 0.395. The molecule has 0 bridgehead atoms. The van der Waals surface area contributed by atoms with E-state index in [1.54, 1.807) is 0 Å². The molecule has 4 nitrogen and oxygen atoms in total. The summed E-state index contributed by atoms with van der Waals surface area (Å²) < 4.78 is 0. The van der Waals surface area contributed by atoms with Crippen molar-refractivity contribution < 1.29 is 0 Å². The minimum absolute atomic E-state index is 0.245. The topological polar surface area (TPSA) is 45.4 Å². The third-order valence-electron chi connectivity index (χ3n) is 4.24. The maximum absolute atomic E-state index is 5.98. The van der Waals surface area contributed by atoms with Crippen molar-refractivity contribution >= 4 is 5.82 Å². The zero-order chi connectivity index (χ0) is 14.5. The maximum Gasteiger partial charge on any atom is 0.128 e. The van der Waals surface area contributed by atoms with E-state index in [0.717, 1.165) is 31.1 Å². The lowest BCUT2D eigenvalue weighted by Gasteiger charge is -2.22. The fourth-order valence-electron chi connectivity index (χ4n) is 2.87. The summed E-state index contributed by atoms with van der Waals surface area (Å²) in [5.41, 5.74) is 7.22. The van der Waals surface area contributed by atoms with E-state index in [9.17, 15) is 0 Å². The van der Waals surface area contributed by atoms with Crippen LogP contribution in [-0.4, -0.2) is 49.7 Å². The molecule has 0 aromatic carbocycles. The van der Waals surface area contributed by atoms with Gasteiger partial charge in [-0.3, -0.25) is 0 Å². The molecule has 0 amide bonds. The Labute approximate surface area is 123 Å². The minimum Gasteiger partial charge on any atom is -0.359 e. The predicted octanol–water partition coefficient (Wildman–Crippen LogP) is 1.75. The van der Waals surface area contributed by atoms with Gasteiger partial charge in [0.2, 0.25) is 0 Å². The molecule has 2 unspecified atom stereocenters. The van der Waals surface area contributed by atoms with Gasteiger partial charge < -0.3 is 15.5 Å². The van der Waals surface area contributed by atoms with Crippen LogP contribution in [0.3, 0.4) is 0 Å². The second kappa shape index (κ2) is 7.04. The van der Waals surface area contributed by atoms with E-state index in [0.29, 0.717) is 0 Å². The molecule has 0 spiro atoms. The Morgan fingerprint density at radius 2 is 2.30 bits per heavy atom. The first-order valence-corrected chi connectivity index (χ1v) is 7.68. The van der Waals surface area contributed by atoms with Crippen molar-refractivity contribution in [3.05, 3.63) is 23.9 Å². The molecular formula is C16H28N4. The first kappa shape index (κ1) is 15.3. The van der Waals surface area contributed by atoms with Gasteiger partial charge in [-0.05, 0) is 50.4 Å². The van der Waals surface area contributed by atoms with Crippen LogP contribution < -0.4 is 10.6 Å². The second-order valence-corrected chi connectivity index (χ2v) is 6.19. The minimum atomic E-state index is 0.245. The number of pyridine rings is 1. The number of nitrogens with two attached hydrogens (primary N) is 1. The molecule has 1 aromatic heterocycles. The van der Waals surface area contributed by atoms with E-state index < -0.39 is 0 Å². The fourth-order valence-corrected chi connectivity index (χ4v) is 2.87. The average Bonchev–Trinajstić information content (AvgIpc) is 2.84. The van der Waals surface area contributed by atoms with Crippen LogP contribution >= 0.6 is 0 Å². The van der Waals surface area contributed by atoms with Gasteiger partial charge in [-0.25, -0.2) is 4.98 Å². The van der Waals surface area contributed by atoms with Crippen LogP contribution in [0.2, 0.25) is 0 Å². The van der Waals surface area contributed by atoms with E-state index in [2.05, 4.69) is 47.9 Å². The van der Waals surface area contributed by atoms with Gasteiger partial charge in [-0.1, -0.05) is 13.0 Å². The molecule has 2 heterocycles. The van der Waals surface area contributed by atoms with Crippen LogP contribution in [0.5, 0.6) is 0 Å². The standard InChI is InChI=1S/C16H28N4/c1-4-15(17)9-13-5-6-16(18-10-13)20(3)12-14-7-8-19(2)11-14/h5-6,10,14-15H,4,7-9,11-12,17H2,1-3H3. The normalized spacial score (nSPS) is 21.1. The highest BCUT2D eigenvalue weighted by molar-refractivity contribution is 5.38. The number of anilines is 1. The van der Waals surface area contributed by atoms with Crippen molar-refractivity contribution in [1.82, 2.24) is 9.88 Å². The smallest absolute Gasteiger partial charge is 0.128 e. The molecule has 0 aliphatic carbocycles. The van der Waals surface area contributed by atoms with Crippen LogP contribution in [0.4, 0.5) is 5.82 Å². The highest BCUT2D eigenvalue weighted by Gasteiger charge is 2.21. The molecule has 2 rings (SSSR count).